The van der Waals surface area contributed by atoms with Crippen LogP contribution >= 0.6 is 38.5 Å². The molecule has 0 aliphatic heterocycles. The molecule has 0 fully saturated rings. The fourth-order valence-electron chi connectivity index (χ4n) is 1.48. The topological polar surface area (TPSA) is 58.6 Å². The van der Waals surface area contributed by atoms with E-state index in [0.29, 0.717) is 6.61 Å². The lowest BCUT2D eigenvalue weighted by Gasteiger charge is -2.17. The Bertz CT molecular complexity index is 408. The summed E-state index contributed by atoms with van der Waals surface area (Å²) in [5, 5.41) is 13.3. The lowest BCUT2D eigenvalue weighted by Crippen LogP contribution is -2.38. The smallest absolute Gasteiger partial charge is 0.255 e. The van der Waals surface area contributed by atoms with Crippen molar-refractivity contribution in [1.82, 2.24) is 5.32 Å². The zero-order valence-electron chi connectivity index (χ0n) is 9.95. The molecule has 1 aromatic carbocycles. The number of methoxy groups -OCH3 is 1. The summed E-state index contributed by atoms with van der Waals surface area (Å²) in [6.07, 6.45) is 0.768. The van der Waals surface area contributed by atoms with Crippen LogP contribution < -0.4 is 5.32 Å². The van der Waals surface area contributed by atoms with E-state index in [1.807, 2.05) is 0 Å². The zero-order valence-corrected chi connectivity index (χ0v) is 13.7. The molecular weight excluding hydrogens is 413 g/mol. The number of nitrogens with one attached hydrogen (secondary N) is 1. The summed E-state index contributed by atoms with van der Waals surface area (Å²) in [5.41, 5.74) is 0.289. The molecule has 1 unspecified atom stereocenters. The highest BCUT2D eigenvalue weighted by Crippen LogP contribution is 2.19. The van der Waals surface area contributed by atoms with Gasteiger partial charge in [0.15, 0.2) is 0 Å². The summed E-state index contributed by atoms with van der Waals surface area (Å²) in [7, 11) is 1.59. The molecule has 0 saturated heterocycles. The number of aromatic hydroxyl groups is 1. The zero-order chi connectivity index (χ0) is 13.5. The van der Waals surface area contributed by atoms with Gasteiger partial charge in [0.25, 0.3) is 5.91 Å². The molecule has 4 nitrogen and oxygen atoms in total. The van der Waals surface area contributed by atoms with Gasteiger partial charge in [0.2, 0.25) is 0 Å². The number of hydrogen-bond donors (Lipinski definition) is 2. The van der Waals surface area contributed by atoms with Gasteiger partial charge in [-0.1, -0.05) is 15.9 Å². The van der Waals surface area contributed by atoms with Crippen LogP contribution in [0.4, 0.5) is 0 Å². The number of ether oxygens (including phenoxy) is 1. The van der Waals surface area contributed by atoms with Gasteiger partial charge in [-0.15, -0.1) is 0 Å². The average Bonchev–Trinajstić information content (AvgIpc) is 2.33. The van der Waals surface area contributed by atoms with Crippen LogP contribution in [-0.2, 0) is 4.74 Å². The summed E-state index contributed by atoms with van der Waals surface area (Å²) in [6, 6.07) is 4.85. The third-order valence-electron chi connectivity index (χ3n) is 2.36. The number of alkyl halides is 1. The van der Waals surface area contributed by atoms with Crippen LogP contribution in [0.1, 0.15) is 16.8 Å². The van der Waals surface area contributed by atoms with Crippen LogP contribution in [0.15, 0.2) is 18.2 Å². The molecule has 1 aromatic rings. The highest BCUT2D eigenvalue weighted by atomic mass is 127. The minimum Gasteiger partial charge on any atom is -0.507 e. The molecule has 0 saturated carbocycles. The van der Waals surface area contributed by atoms with E-state index in [2.05, 4.69) is 43.8 Å². The standard InChI is InChI=1S/C12H15BrINO3/c1-18-7-9(4-5-13)15-12(17)10-6-8(14)2-3-11(10)16/h2-3,6,9,16H,4-5,7H2,1H3,(H,15,17). The van der Waals surface area contributed by atoms with Gasteiger partial charge in [0.05, 0.1) is 18.2 Å². The quantitative estimate of drug-likeness (QED) is 0.541. The maximum absolute atomic E-state index is 12.0. The second-order valence-corrected chi connectivity index (χ2v) is 5.80. The maximum Gasteiger partial charge on any atom is 0.255 e. The monoisotopic (exact) mass is 427 g/mol. The molecule has 0 heterocycles. The minimum absolute atomic E-state index is 0.0112. The Kier molecular flexibility index (Phi) is 6.95. The Balaban J connectivity index is 2.76. The Morgan fingerprint density at radius 2 is 2.33 bits per heavy atom. The van der Waals surface area contributed by atoms with Crippen molar-refractivity contribution >= 4 is 44.4 Å². The molecule has 1 amide bonds. The highest BCUT2D eigenvalue weighted by Gasteiger charge is 2.16. The molecule has 18 heavy (non-hydrogen) atoms. The van der Waals surface area contributed by atoms with Crippen molar-refractivity contribution in [1.29, 1.82) is 0 Å². The number of benzene rings is 1. The number of carbonyl (C=O) groups excluding carboxylic acids is 1. The van der Waals surface area contributed by atoms with Crippen LogP contribution in [-0.4, -0.2) is 36.1 Å². The molecule has 1 rings (SSSR count). The molecule has 0 radical (unpaired) electrons. The van der Waals surface area contributed by atoms with Gasteiger partial charge in [0.1, 0.15) is 5.75 Å². The lowest BCUT2D eigenvalue weighted by atomic mass is 10.1. The number of halogens is 2. The lowest BCUT2D eigenvalue weighted by molar-refractivity contribution is 0.0893. The molecule has 100 valence electrons. The molecule has 2 N–H and O–H groups in total. The molecule has 6 heteroatoms. The Hall–Kier alpha value is -0.340. The molecule has 0 aromatic heterocycles. The van der Waals surface area contributed by atoms with Crippen molar-refractivity contribution in [2.45, 2.75) is 12.5 Å². The largest absolute Gasteiger partial charge is 0.507 e. The van der Waals surface area contributed by atoms with Gasteiger partial charge < -0.3 is 15.2 Å². The van der Waals surface area contributed by atoms with Gasteiger partial charge >= 0.3 is 0 Å². The summed E-state index contributed by atoms with van der Waals surface area (Å²) in [6.45, 7) is 0.446. The Labute approximate surface area is 128 Å². The normalized spacial score (nSPS) is 12.2. The third kappa shape index (κ3) is 4.74. The molecule has 1 atom stereocenters. The van der Waals surface area contributed by atoms with Gasteiger partial charge in [0, 0.05) is 16.0 Å². The van der Waals surface area contributed by atoms with Gasteiger partial charge in [-0.2, -0.15) is 0 Å². The molecule has 0 aliphatic rings. The molecule has 0 aliphatic carbocycles. The van der Waals surface area contributed by atoms with E-state index in [1.165, 1.54) is 6.07 Å². The second kappa shape index (κ2) is 7.96. The maximum atomic E-state index is 12.0. The molecule has 0 bridgehead atoms. The first kappa shape index (κ1) is 15.7. The number of amides is 1. The van der Waals surface area contributed by atoms with Gasteiger partial charge in [-0.25, -0.2) is 0 Å². The Morgan fingerprint density at radius 3 is 2.94 bits per heavy atom. The van der Waals surface area contributed by atoms with Crippen LogP contribution in [0.25, 0.3) is 0 Å². The minimum atomic E-state index is -0.283. The van der Waals surface area contributed by atoms with Crippen molar-refractivity contribution in [3.63, 3.8) is 0 Å². The summed E-state index contributed by atoms with van der Waals surface area (Å²) in [4.78, 5) is 12.0. The fraction of sp³-hybridized carbons (Fsp3) is 0.417. The number of phenolic OH excluding ortho intramolecular Hbond substituents is 1. The van der Waals surface area contributed by atoms with Crippen molar-refractivity contribution in [2.75, 3.05) is 19.0 Å². The van der Waals surface area contributed by atoms with E-state index < -0.39 is 0 Å². The van der Waals surface area contributed by atoms with Crippen molar-refractivity contribution in [2.24, 2.45) is 0 Å². The first-order valence-corrected chi connectivity index (χ1v) is 7.62. The molecular formula is C12H15BrINO3. The van der Waals surface area contributed by atoms with Gasteiger partial charge in [-0.05, 0) is 47.2 Å². The van der Waals surface area contributed by atoms with E-state index in [1.54, 1.807) is 19.2 Å². The summed E-state index contributed by atoms with van der Waals surface area (Å²) >= 11 is 5.43. The predicted molar refractivity (Wildman–Crippen MR) is 82.4 cm³/mol. The van der Waals surface area contributed by atoms with E-state index in [0.717, 1.165) is 15.3 Å². The van der Waals surface area contributed by atoms with Crippen molar-refractivity contribution in [3.05, 3.63) is 27.3 Å². The van der Waals surface area contributed by atoms with E-state index in [-0.39, 0.29) is 23.3 Å². The first-order chi connectivity index (χ1) is 8.58. The highest BCUT2D eigenvalue weighted by molar-refractivity contribution is 14.1. The van der Waals surface area contributed by atoms with Crippen LogP contribution in [0.5, 0.6) is 5.75 Å². The van der Waals surface area contributed by atoms with E-state index >= 15 is 0 Å². The van der Waals surface area contributed by atoms with Crippen LogP contribution in [0, 0.1) is 3.57 Å². The fourth-order valence-corrected chi connectivity index (χ4v) is 2.53. The van der Waals surface area contributed by atoms with Crippen LogP contribution in [0.3, 0.4) is 0 Å². The molecule has 0 spiro atoms. The number of carbonyl (C=O) groups is 1. The SMILES string of the molecule is COCC(CCBr)NC(=O)c1cc(I)ccc1O. The average molecular weight is 428 g/mol. The number of rotatable bonds is 6. The van der Waals surface area contributed by atoms with Crippen molar-refractivity contribution < 1.29 is 14.6 Å². The number of phenols is 1. The Morgan fingerprint density at radius 1 is 1.61 bits per heavy atom. The van der Waals surface area contributed by atoms with Crippen LogP contribution in [0.2, 0.25) is 0 Å². The first-order valence-electron chi connectivity index (χ1n) is 5.42. The third-order valence-corrected chi connectivity index (χ3v) is 3.49. The van der Waals surface area contributed by atoms with E-state index in [4.69, 9.17) is 4.74 Å². The van der Waals surface area contributed by atoms with Crippen molar-refractivity contribution in [3.8, 4) is 5.75 Å². The van der Waals surface area contributed by atoms with E-state index in [9.17, 15) is 9.90 Å². The number of hydrogen-bond acceptors (Lipinski definition) is 3. The van der Waals surface area contributed by atoms with Gasteiger partial charge in [-0.3, -0.25) is 4.79 Å². The summed E-state index contributed by atoms with van der Waals surface area (Å²) < 4.78 is 5.95. The predicted octanol–water partition coefficient (Wildman–Crippen LogP) is 2.53. The second-order valence-electron chi connectivity index (χ2n) is 3.76. The summed E-state index contributed by atoms with van der Waals surface area (Å²) in [5.74, 6) is -0.294.